The van der Waals surface area contributed by atoms with Crippen LogP contribution in [0, 0.1) is 13.8 Å². The maximum absolute atomic E-state index is 11.9. The molecule has 0 saturated carbocycles. The summed E-state index contributed by atoms with van der Waals surface area (Å²) >= 11 is 5.59. The standard InChI is InChI=1S/C12H16ClNO/c1-9-4-5-11(8-10(9)2)12(15)14(3)7-6-13/h4-5,8H,6-7H2,1-3H3. The normalized spacial score (nSPS) is 10.1. The SMILES string of the molecule is Cc1ccc(C(=O)N(C)CCCl)cc1C. The van der Waals surface area contributed by atoms with Gasteiger partial charge in [-0.15, -0.1) is 11.6 Å². The lowest BCUT2D eigenvalue weighted by molar-refractivity contribution is 0.0803. The van der Waals surface area contributed by atoms with Crippen LogP contribution in [-0.4, -0.2) is 30.3 Å². The molecule has 0 aliphatic rings. The van der Waals surface area contributed by atoms with Gasteiger partial charge in [0.1, 0.15) is 0 Å². The number of hydrogen-bond donors (Lipinski definition) is 0. The van der Waals surface area contributed by atoms with Crippen molar-refractivity contribution in [2.45, 2.75) is 13.8 Å². The molecule has 1 aromatic rings. The summed E-state index contributed by atoms with van der Waals surface area (Å²) in [6.07, 6.45) is 0. The van der Waals surface area contributed by atoms with E-state index in [4.69, 9.17) is 11.6 Å². The number of alkyl halides is 1. The van der Waals surface area contributed by atoms with Crippen molar-refractivity contribution in [2.75, 3.05) is 19.5 Å². The summed E-state index contributed by atoms with van der Waals surface area (Å²) in [6, 6.07) is 5.74. The predicted octanol–water partition coefficient (Wildman–Crippen LogP) is 2.61. The van der Waals surface area contributed by atoms with Crippen molar-refractivity contribution in [1.82, 2.24) is 4.90 Å². The second kappa shape index (κ2) is 5.17. The molecule has 0 heterocycles. The summed E-state index contributed by atoms with van der Waals surface area (Å²) < 4.78 is 0. The highest BCUT2D eigenvalue weighted by Crippen LogP contribution is 2.11. The van der Waals surface area contributed by atoms with Crippen LogP contribution in [0.4, 0.5) is 0 Å². The Kier molecular flexibility index (Phi) is 4.15. The molecule has 0 unspecified atom stereocenters. The zero-order valence-electron chi connectivity index (χ0n) is 9.38. The van der Waals surface area contributed by atoms with E-state index in [-0.39, 0.29) is 5.91 Å². The Morgan fingerprint density at radius 3 is 2.53 bits per heavy atom. The topological polar surface area (TPSA) is 20.3 Å². The van der Waals surface area contributed by atoms with Gasteiger partial charge in [0, 0.05) is 25.0 Å². The van der Waals surface area contributed by atoms with E-state index in [1.54, 1.807) is 11.9 Å². The van der Waals surface area contributed by atoms with Crippen molar-refractivity contribution in [2.24, 2.45) is 0 Å². The van der Waals surface area contributed by atoms with Crippen molar-refractivity contribution >= 4 is 17.5 Å². The van der Waals surface area contributed by atoms with Gasteiger partial charge in [-0.25, -0.2) is 0 Å². The fraction of sp³-hybridized carbons (Fsp3) is 0.417. The third-order valence-corrected chi connectivity index (χ3v) is 2.69. The number of benzene rings is 1. The Bertz CT molecular complexity index is 363. The van der Waals surface area contributed by atoms with Gasteiger partial charge >= 0.3 is 0 Å². The molecule has 0 aliphatic carbocycles. The third-order valence-electron chi connectivity index (χ3n) is 2.52. The quantitative estimate of drug-likeness (QED) is 0.725. The first-order valence-electron chi connectivity index (χ1n) is 4.95. The van der Waals surface area contributed by atoms with Gasteiger partial charge in [-0.05, 0) is 37.1 Å². The second-order valence-electron chi connectivity index (χ2n) is 3.71. The zero-order valence-corrected chi connectivity index (χ0v) is 10.1. The molecule has 2 nitrogen and oxygen atoms in total. The van der Waals surface area contributed by atoms with E-state index in [0.717, 1.165) is 11.1 Å². The number of hydrogen-bond acceptors (Lipinski definition) is 1. The van der Waals surface area contributed by atoms with Crippen LogP contribution in [0.2, 0.25) is 0 Å². The van der Waals surface area contributed by atoms with Gasteiger partial charge in [0.2, 0.25) is 0 Å². The number of halogens is 1. The maximum Gasteiger partial charge on any atom is 0.253 e. The number of nitrogens with zero attached hydrogens (tertiary/aromatic N) is 1. The largest absolute Gasteiger partial charge is 0.341 e. The molecule has 82 valence electrons. The fourth-order valence-electron chi connectivity index (χ4n) is 1.32. The molecule has 15 heavy (non-hydrogen) atoms. The van der Waals surface area contributed by atoms with E-state index in [9.17, 15) is 4.79 Å². The second-order valence-corrected chi connectivity index (χ2v) is 4.09. The van der Waals surface area contributed by atoms with Gasteiger partial charge in [-0.3, -0.25) is 4.79 Å². The molecule has 0 aromatic heterocycles. The van der Waals surface area contributed by atoms with E-state index in [1.165, 1.54) is 5.56 Å². The van der Waals surface area contributed by atoms with Crippen molar-refractivity contribution in [1.29, 1.82) is 0 Å². The summed E-state index contributed by atoms with van der Waals surface area (Å²) in [5.74, 6) is 0.492. The van der Waals surface area contributed by atoms with E-state index in [1.807, 2.05) is 32.0 Å². The van der Waals surface area contributed by atoms with E-state index in [0.29, 0.717) is 12.4 Å². The van der Waals surface area contributed by atoms with Crippen molar-refractivity contribution in [3.63, 3.8) is 0 Å². The molecular formula is C12H16ClNO. The number of carbonyl (C=O) groups excluding carboxylic acids is 1. The number of carbonyl (C=O) groups is 1. The highest BCUT2D eigenvalue weighted by atomic mass is 35.5. The Hall–Kier alpha value is -1.02. The Morgan fingerprint density at radius 1 is 1.33 bits per heavy atom. The Morgan fingerprint density at radius 2 is 2.00 bits per heavy atom. The smallest absolute Gasteiger partial charge is 0.253 e. The van der Waals surface area contributed by atoms with Crippen LogP contribution in [-0.2, 0) is 0 Å². The van der Waals surface area contributed by atoms with Crippen LogP contribution in [0.15, 0.2) is 18.2 Å². The van der Waals surface area contributed by atoms with Crippen molar-refractivity contribution in [3.05, 3.63) is 34.9 Å². The van der Waals surface area contributed by atoms with Crippen LogP contribution in [0.3, 0.4) is 0 Å². The van der Waals surface area contributed by atoms with Crippen LogP contribution in [0.25, 0.3) is 0 Å². The molecule has 0 saturated heterocycles. The minimum absolute atomic E-state index is 0.0266. The number of amides is 1. The molecule has 1 aromatic carbocycles. The Balaban J connectivity index is 2.87. The minimum Gasteiger partial charge on any atom is -0.341 e. The number of aryl methyl sites for hydroxylation is 2. The lowest BCUT2D eigenvalue weighted by Gasteiger charge is -2.16. The van der Waals surface area contributed by atoms with Crippen LogP contribution >= 0.6 is 11.6 Å². The van der Waals surface area contributed by atoms with Crippen LogP contribution in [0.5, 0.6) is 0 Å². The lowest BCUT2D eigenvalue weighted by atomic mass is 10.1. The fourth-order valence-corrected chi connectivity index (χ4v) is 1.58. The molecule has 0 bridgehead atoms. The average molecular weight is 226 g/mol. The highest BCUT2D eigenvalue weighted by Gasteiger charge is 2.11. The van der Waals surface area contributed by atoms with Gasteiger partial charge < -0.3 is 4.90 Å². The molecule has 0 aliphatic heterocycles. The molecule has 0 radical (unpaired) electrons. The van der Waals surface area contributed by atoms with E-state index in [2.05, 4.69) is 0 Å². The molecule has 0 spiro atoms. The third kappa shape index (κ3) is 2.96. The molecule has 0 N–H and O–H groups in total. The molecule has 1 rings (SSSR count). The van der Waals surface area contributed by atoms with Gasteiger partial charge in [-0.1, -0.05) is 6.07 Å². The van der Waals surface area contributed by atoms with Gasteiger partial charge in [0.15, 0.2) is 0 Å². The molecule has 3 heteroatoms. The summed E-state index contributed by atoms with van der Waals surface area (Å²) in [5.41, 5.74) is 3.07. The predicted molar refractivity (Wildman–Crippen MR) is 63.6 cm³/mol. The summed E-state index contributed by atoms with van der Waals surface area (Å²) in [7, 11) is 1.76. The summed E-state index contributed by atoms with van der Waals surface area (Å²) in [4.78, 5) is 13.5. The zero-order chi connectivity index (χ0) is 11.4. The summed E-state index contributed by atoms with van der Waals surface area (Å²) in [6.45, 7) is 4.62. The average Bonchev–Trinajstić information content (AvgIpc) is 2.21. The van der Waals surface area contributed by atoms with E-state index < -0.39 is 0 Å². The lowest BCUT2D eigenvalue weighted by Crippen LogP contribution is -2.28. The first-order valence-corrected chi connectivity index (χ1v) is 5.48. The van der Waals surface area contributed by atoms with Gasteiger partial charge in [0.05, 0.1) is 0 Å². The number of rotatable bonds is 3. The van der Waals surface area contributed by atoms with Gasteiger partial charge in [0.25, 0.3) is 5.91 Å². The molecular weight excluding hydrogens is 210 g/mol. The van der Waals surface area contributed by atoms with Crippen LogP contribution in [0.1, 0.15) is 21.5 Å². The first kappa shape index (κ1) is 12.1. The molecule has 0 fully saturated rings. The monoisotopic (exact) mass is 225 g/mol. The molecule has 0 atom stereocenters. The summed E-state index contributed by atoms with van der Waals surface area (Å²) in [5, 5.41) is 0. The highest BCUT2D eigenvalue weighted by molar-refractivity contribution is 6.18. The van der Waals surface area contributed by atoms with Crippen molar-refractivity contribution < 1.29 is 4.79 Å². The minimum atomic E-state index is 0.0266. The van der Waals surface area contributed by atoms with Gasteiger partial charge in [-0.2, -0.15) is 0 Å². The maximum atomic E-state index is 11.9. The Labute approximate surface area is 95.8 Å². The van der Waals surface area contributed by atoms with Crippen LogP contribution < -0.4 is 0 Å². The van der Waals surface area contributed by atoms with E-state index >= 15 is 0 Å². The molecule has 1 amide bonds. The van der Waals surface area contributed by atoms with Crippen molar-refractivity contribution in [3.8, 4) is 0 Å². The first-order chi connectivity index (χ1) is 7.06.